The lowest BCUT2D eigenvalue weighted by atomic mass is 9.86. The van der Waals surface area contributed by atoms with Crippen LogP contribution in [0.4, 0.5) is 0 Å². The zero-order chi connectivity index (χ0) is 10.7. The molecule has 0 saturated carbocycles. The van der Waals surface area contributed by atoms with E-state index in [0.29, 0.717) is 17.7 Å². The van der Waals surface area contributed by atoms with Gasteiger partial charge in [0.05, 0.1) is 0 Å². The Balaban J connectivity index is 2.16. The minimum Gasteiger partial charge on any atom is -0.508 e. The van der Waals surface area contributed by atoms with Crippen molar-refractivity contribution in [3.8, 4) is 5.75 Å². The number of nitrogens with one attached hydrogen (secondary N) is 1. The van der Waals surface area contributed by atoms with Crippen molar-refractivity contribution in [3.63, 3.8) is 0 Å². The van der Waals surface area contributed by atoms with Crippen LogP contribution in [0.5, 0.6) is 5.75 Å². The summed E-state index contributed by atoms with van der Waals surface area (Å²) in [4.78, 5) is 0. The predicted molar refractivity (Wildman–Crippen MR) is 60.6 cm³/mol. The third kappa shape index (κ3) is 2.30. The summed E-state index contributed by atoms with van der Waals surface area (Å²) >= 11 is 0. The number of nitrogens with two attached hydrogens (primary N) is 1. The summed E-state index contributed by atoms with van der Waals surface area (Å²) in [6, 6.07) is 7.77. The molecule has 3 heteroatoms. The quantitative estimate of drug-likeness (QED) is 0.685. The molecule has 0 aromatic heterocycles. The minimum atomic E-state index is 0.318. The van der Waals surface area contributed by atoms with E-state index in [0.717, 1.165) is 13.1 Å². The van der Waals surface area contributed by atoms with Gasteiger partial charge in [-0.15, -0.1) is 0 Å². The van der Waals surface area contributed by atoms with E-state index in [4.69, 9.17) is 5.73 Å². The Kier molecular flexibility index (Phi) is 3.23. The lowest BCUT2D eigenvalue weighted by Gasteiger charge is -2.32. The maximum Gasteiger partial charge on any atom is 0.115 e. The molecule has 0 radical (unpaired) electrons. The third-order valence-corrected chi connectivity index (χ3v) is 3.14. The van der Waals surface area contributed by atoms with Crippen molar-refractivity contribution in [2.24, 2.45) is 11.7 Å². The van der Waals surface area contributed by atoms with Crippen molar-refractivity contribution in [1.29, 1.82) is 0 Å². The maximum atomic E-state index is 9.23. The topological polar surface area (TPSA) is 58.3 Å². The molecule has 1 aromatic rings. The van der Waals surface area contributed by atoms with Gasteiger partial charge in [0.2, 0.25) is 0 Å². The first-order valence-electron chi connectivity index (χ1n) is 5.53. The molecule has 82 valence electrons. The van der Waals surface area contributed by atoms with Gasteiger partial charge in [0, 0.05) is 6.04 Å². The lowest BCUT2D eigenvalue weighted by molar-refractivity contribution is 0.291. The predicted octanol–water partition coefficient (Wildman–Crippen LogP) is 1.39. The SMILES string of the molecule is NC[C@@H]1CCCN[C@H]1c1ccc(O)cc1. The van der Waals surface area contributed by atoms with Crippen LogP contribution >= 0.6 is 0 Å². The number of hydrogen-bond donors (Lipinski definition) is 3. The molecule has 1 aliphatic heterocycles. The van der Waals surface area contributed by atoms with Gasteiger partial charge in [-0.1, -0.05) is 12.1 Å². The molecule has 4 N–H and O–H groups in total. The Morgan fingerprint density at radius 2 is 2.07 bits per heavy atom. The number of aromatic hydroxyl groups is 1. The molecule has 1 aliphatic rings. The van der Waals surface area contributed by atoms with Gasteiger partial charge in [-0.05, 0) is 49.5 Å². The molecule has 1 fully saturated rings. The fourth-order valence-corrected chi connectivity index (χ4v) is 2.28. The van der Waals surface area contributed by atoms with E-state index in [1.807, 2.05) is 12.1 Å². The first-order valence-corrected chi connectivity index (χ1v) is 5.53. The average Bonchev–Trinajstić information content (AvgIpc) is 2.30. The van der Waals surface area contributed by atoms with Crippen LogP contribution < -0.4 is 11.1 Å². The molecule has 2 atom stereocenters. The van der Waals surface area contributed by atoms with Gasteiger partial charge >= 0.3 is 0 Å². The van der Waals surface area contributed by atoms with Crippen LogP contribution in [0.25, 0.3) is 0 Å². The number of benzene rings is 1. The first-order chi connectivity index (χ1) is 7.31. The number of phenolic OH excluding ortho intramolecular Hbond substituents is 1. The second kappa shape index (κ2) is 4.64. The summed E-state index contributed by atoms with van der Waals surface area (Å²) in [5, 5.41) is 12.7. The Labute approximate surface area is 90.3 Å². The van der Waals surface area contributed by atoms with Gasteiger partial charge in [-0.2, -0.15) is 0 Å². The minimum absolute atomic E-state index is 0.318. The number of piperidine rings is 1. The lowest BCUT2D eigenvalue weighted by Crippen LogP contribution is -2.37. The van der Waals surface area contributed by atoms with Crippen molar-refractivity contribution in [2.75, 3.05) is 13.1 Å². The highest BCUT2D eigenvalue weighted by atomic mass is 16.3. The van der Waals surface area contributed by atoms with E-state index in [1.54, 1.807) is 12.1 Å². The monoisotopic (exact) mass is 206 g/mol. The second-order valence-electron chi connectivity index (χ2n) is 4.16. The zero-order valence-electron chi connectivity index (χ0n) is 8.82. The Hall–Kier alpha value is -1.06. The summed E-state index contributed by atoms with van der Waals surface area (Å²) in [6.07, 6.45) is 2.39. The van der Waals surface area contributed by atoms with Gasteiger partial charge in [-0.3, -0.25) is 0 Å². The maximum absolute atomic E-state index is 9.23. The van der Waals surface area contributed by atoms with E-state index >= 15 is 0 Å². The summed E-state index contributed by atoms with van der Waals surface area (Å²) < 4.78 is 0. The molecule has 3 nitrogen and oxygen atoms in total. The molecular weight excluding hydrogens is 188 g/mol. The zero-order valence-corrected chi connectivity index (χ0v) is 8.82. The molecule has 0 unspecified atom stereocenters. The molecule has 1 aromatic carbocycles. The van der Waals surface area contributed by atoms with E-state index < -0.39 is 0 Å². The molecule has 0 spiro atoms. The van der Waals surface area contributed by atoms with Gasteiger partial charge in [0.1, 0.15) is 5.75 Å². The second-order valence-corrected chi connectivity index (χ2v) is 4.16. The van der Waals surface area contributed by atoms with Crippen LogP contribution in [-0.2, 0) is 0 Å². The molecule has 0 bridgehead atoms. The molecule has 1 heterocycles. The summed E-state index contributed by atoms with van der Waals surface area (Å²) in [5.41, 5.74) is 7.00. The van der Waals surface area contributed by atoms with E-state index in [-0.39, 0.29) is 0 Å². The normalized spacial score (nSPS) is 26.5. The van der Waals surface area contributed by atoms with Gasteiger partial charge < -0.3 is 16.2 Å². The number of phenols is 1. The molecular formula is C12H18N2O. The largest absolute Gasteiger partial charge is 0.508 e. The average molecular weight is 206 g/mol. The van der Waals surface area contributed by atoms with Crippen LogP contribution in [0.15, 0.2) is 24.3 Å². The Bertz CT molecular complexity index is 310. The van der Waals surface area contributed by atoms with Crippen molar-refractivity contribution in [1.82, 2.24) is 5.32 Å². The molecule has 15 heavy (non-hydrogen) atoms. The van der Waals surface area contributed by atoms with E-state index in [2.05, 4.69) is 5.32 Å². The standard InChI is InChI=1S/C12H18N2O/c13-8-10-2-1-7-14-12(10)9-3-5-11(15)6-4-9/h3-6,10,12,14-15H,1-2,7-8,13H2/t10-,12-/m0/s1. The number of rotatable bonds is 2. The van der Waals surface area contributed by atoms with Crippen LogP contribution in [-0.4, -0.2) is 18.2 Å². The van der Waals surface area contributed by atoms with Crippen LogP contribution in [0.2, 0.25) is 0 Å². The van der Waals surface area contributed by atoms with Gasteiger partial charge in [0.25, 0.3) is 0 Å². The highest BCUT2D eigenvalue weighted by Gasteiger charge is 2.24. The van der Waals surface area contributed by atoms with Crippen molar-refractivity contribution in [2.45, 2.75) is 18.9 Å². The Morgan fingerprint density at radius 1 is 1.33 bits per heavy atom. The molecule has 2 rings (SSSR count). The van der Waals surface area contributed by atoms with Crippen molar-refractivity contribution < 1.29 is 5.11 Å². The fraction of sp³-hybridized carbons (Fsp3) is 0.500. The van der Waals surface area contributed by atoms with Crippen LogP contribution in [0.1, 0.15) is 24.4 Å². The summed E-state index contributed by atoms with van der Waals surface area (Å²) in [7, 11) is 0. The van der Waals surface area contributed by atoms with Gasteiger partial charge in [-0.25, -0.2) is 0 Å². The summed E-state index contributed by atoms with van der Waals surface area (Å²) in [5.74, 6) is 0.835. The third-order valence-electron chi connectivity index (χ3n) is 3.14. The van der Waals surface area contributed by atoms with Crippen molar-refractivity contribution >= 4 is 0 Å². The highest BCUT2D eigenvalue weighted by Crippen LogP contribution is 2.29. The van der Waals surface area contributed by atoms with Crippen LogP contribution in [0.3, 0.4) is 0 Å². The smallest absolute Gasteiger partial charge is 0.115 e. The molecule has 1 saturated heterocycles. The van der Waals surface area contributed by atoms with E-state index in [1.165, 1.54) is 18.4 Å². The number of hydrogen-bond acceptors (Lipinski definition) is 3. The fourth-order valence-electron chi connectivity index (χ4n) is 2.28. The molecule has 0 amide bonds. The van der Waals surface area contributed by atoms with E-state index in [9.17, 15) is 5.11 Å². The molecule has 0 aliphatic carbocycles. The van der Waals surface area contributed by atoms with Gasteiger partial charge in [0.15, 0.2) is 0 Å². The Morgan fingerprint density at radius 3 is 2.73 bits per heavy atom. The van der Waals surface area contributed by atoms with Crippen molar-refractivity contribution in [3.05, 3.63) is 29.8 Å². The highest BCUT2D eigenvalue weighted by molar-refractivity contribution is 5.28. The first kappa shape index (κ1) is 10.5. The summed E-state index contributed by atoms with van der Waals surface area (Å²) in [6.45, 7) is 1.78. The van der Waals surface area contributed by atoms with Crippen LogP contribution in [0, 0.1) is 5.92 Å².